The molecule has 1 aliphatic heterocycles. The number of aryl methyl sites for hydroxylation is 2. The lowest BCUT2D eigenvalue weighted by Gasteiger charge is -2.31. The van der Waals surface area contributed by atoms with Gasteiger partial charge in [0.1, 0.15) is 11.5 Å². The smallest absolute Gasteiger partial charge is 0.255 e. The summed E-state index contributed by atoms with van der Waals surface area (Å²) in [5.41, 5.74) is 3.20. The minimum absolute atomic E-state index is 0.168. The molecule has 30 heavy (non-hydrogen) atoms. The summed E-state index contributed by atoms with van der Waals surface area (Å²) in [4.78, 5) is 19.5. The van der Waals surface area contributed by atoms with Gasteiger partial charge in [0.15, 0.2) is 0 Å². The number of aromatic nitrogens is 3. The zero-order chi connectivity index (χ0) is 21.1. The standard InChI is InChI=1S/C22H27N5O3/c1-14-15(2)30-20(24-14)13-27-10-4-5-17(12-27)21-19(11-23-26-21)25-22(28)16-6-8-18(29-3)9-7-16/h6-9,11,17H,4-5,10,12-13H2,1-3H3,(H,23,26)(H,25,28)/t17-/m0/s1. The molecule has 0 unspecified atom stereocenters. The molecular formula is C22H27N5O3. The first-order valence-corrected chi connectivity index (χ1v) is 10.2. The van der Waals surface area contributed by atoms with Gasteiger partial charge < -0.3 is 14.5 Å². The predicted molar refractivity (Wildman–Crippen MR) is 113 cm³/mol. The van der Waals surface area contributed by atoms with Crippen LogP contribution in [-0.4, -0.2) is 46.2 Å². The number of carbonyl (C=O) groups is 1. The van der Waals surface area contributed by atoms with Gasteiger partial charge in [0.2, 0.25) is 5.89 Å². The van der Waals surface area contributed by atoms with E-state index >= 15 is 0 Å². The number of nitrogens with zero attached hydrogens (tertiary/aromatic N) is 3. The number of benzene rings is 1. The van der Waals surface area contributed by atoms with Gasteiger partial charge in [-0.3, -0.25) is 14.8 Å². The Kier molecular flexibility index (Phi) is 5.85. The van der Waals surface area contributed by atoms with Crippen LogP contribution in [0.2, 0.25) is 0 Å². The van der Waals surface area contributed by atoms with Gasteiger partial charge in [0.05, 0.1) is 36.9 Å². The summed E-state index contributed by atoms with van der Waals surface area (Å²) in [5, 5.41) is 10.3. The van der Waals surface area contributed by atoms with E-state index in [2.05, 4.69) is 25.4 Å². The van der Waals surface area contributed by atoms with E-state index in [9.17, 15) is 4.79 Å². The van der Waals surface area contributed by atoms with E-state index in [1.165, 1.54) is 0 Å². The van der Waals surface area contributed by atoms with Crippen LogP contribution in [0.5, 0.6) is 5.75 Å². The van der Waals surface area contributed by atoms with E-state index in [1.807, 2.05) is 13.8 Å². The van der Waals surface area contributed by atoms with Crippen molar-refractivity contribution < 1.29 is 13.9 Å². The van der Waals surface area contributed by atoms with E-state index in [1.54, 1.807) is 37.6 Å². The van der Waals surface area contributed by atoms with E-state index in [-0.39, 0.29) is 11.8 Å². The molecule has 8 nitrogen and oxygen atoms in total. The second kappa shape index (κ2) is 8.71. The molecule has 158 valence electrons. The van der Waals surface area contributed by atoms with Gasteiger partial charge in [0.25, 0.3) is 5.91 Å². The Morgan fingerprint density at radius 1 is 1.33 bits per heavy atom. The Morgan fingerprint density at radius 2 is 2.13 bits per heavy atom. The van der Waals surface area contributed by atoms with Gasteiger partial charge in [0, 0.05) is 18.0 Å². The largest absolute Gasteiger partial charge is 0.497 e. The van der Waals surface area contributed by atoms with E-state index in [4.69, 9.17) is 9.15 Å². The van der Waals surface area contributed by atoms with Gasteiger partial charge in [-0.2, -0.15) is 5.10 Å². The Balaban J connectivity index is 1.43. The van der Waals surface area contributed by atoms with Crippen LogP contribution in [0.15, 0.2) is 34.9 Å². The quantitative estimate of drug-likeness (QED) is 0.645. The molecule has 0 saturated carbocycles. The van der Waals surface area contributed by atoms with Gasteiger partial charge >= 0.3 is 0 Å². The molecule has 1 aromatic carbocycles. The van der Waals surface area contributed by atoms with Crippen LogP contribution >= 0.6 is 0 Å². The molecule has 4 rings (SSSR count). The molecule has 3 aromatic rings. The number of likely N-dealkylation sites (tertiary alicyclic amines) is 1. The highest BCUT2D eigenvalue weighted by atomic mass is 16.5. The number of aromatic amines is 1. The summed E-state index contributed by atoms with van der Waals surface area (Å²) in [6.45, 7) is 6.44. The van der Waals surface area contributed by atoms with Gasteiger partial charge in [-0.15, -0.1) is 0 Å². The van der Waals surface area contributed by atoms with Crippen molar-refractivity contribution in [3.63, 3.8) is 0 Å². The Bertz CT molecular complexity index is 989. The van der Waals surface area contributed by atoms with Crippen LogP contribution in [0.3, 0.4) is 0 Å². The Morgan fingerprint density at radius 3 is 2.83 bits per heavy atom. The number of hydrogen-bond donors (Lipinski definition) is 2. The third-order valence-electron chi connectivity index (χ3n) is 5.61. The van der Waals surface area contributed by atoms with Crippen molar-refractivity contribution in [3.8, 4) is 5.75 Å². The van der Waals surface area contributed by atoms with Crippen LogP contribution in [0.4, 0.5) is 5.69 Å². The zero-order valence-electron chi connectivity index (χ0n) is 17.6. The summed E-state index contributed by atoms with van der Waals surface area (Å²) in [5.74, 6) is 2.43. The first-order valence-electron chi connectivity index (χ1n) is 10.2. The maximum Gasteiger partial charge on any atom is 0.255 e. The monoisotopic (exact) mass is 409 g/mol. The van der Waals surface area contributed by atoms with Gasteiger partial charge in [-0.25, -0.2) is 4.98 Å². The number of methoxy groups -OCH3 is 1. The molecule has 3 heterocycles. The number of carbonyl (C=O) groups excluding carboxylic acids is 1. The van der Waals surface area contributed by atoms with Crippen molar-refractivity contribution in [1.29, 1.82) is 0 Å². The highest BCUT2D eigenvalue weighted by Gasteiger charge is 2.26. The lowest BCUT2D eigenvalue weighted by atomic mass is 9.94. The van der Waals surface area contributed by atoms with Gasteiger partial charge in [-0.1, -0.05) is 0 Å². The normalized spacial score (nSPS) is 17.1. The average Bonchev–Trinajstić information content (AvgIpc) is 3.34. The van der Waals surface area contributed by atoms with E-state index in [0.29, 0.717) is 17.9 Å². The van der Waals surface area contributed by atoms with Crippen LogP contribution in [0.25, 0.3) is 0 Å². The topological polar surface area (TPSA) is 96.3 Å². The van der Waals surface area contributed by atoms with Crippen molar-refractivity contribution in [3.05, 3.63) is 59.1 Å². The lowest BCUT2D eigenvalue weighted by Crippen LogP contribution is -2.34. The van der Waals surface area contributed by atoms with Gasteiger partial charge in [-0.05, 0) is 57.5 Å². The number of amides is 1. The molecule has 0 spiro atoms. The SMILES string of the molecule is COc1ccc(C(=O)Nc2cn[nH]c2[C@H]2CCCN(Cc3nc(C)c(C)o3)C2)cc1. The molecule has 0 aliphatic carbocycles. The number of hydrogen-bond acceptors (Lipinski definition) is 6. The molecular weight excluding hydrogens is 382 g/mol. The second-order valence-corrected chi connectivity index (χ2v) is 7.70. The Hall–Kier alpha value is -3.13. The van der Waals surface area contributed by atoms with Crippen molar-refractivity contribution in [2.45, 2.75) is 39.2 Å². The number of rotatable bonds is 6. The predicted octanol–water partition coefficient (Wildman–Crippen LogP) is 3.66. The third kappa shape index (κ3) is 4.38. The molecule has 8 heteroatoms. The highest BCUT2D eigenvalue weighted by Crippen LogP contribution is 2.31. The Labute approximate surface area is 175 Å². The summed E-state index contributed by atoms with van der Waals surface area (Å²) >= 11 is 0. The third-order valence-corrected chi connectivity index (χ3v) is 5.61. The molecule has 0 radical (unpaired) electrons. The fraction of sp³-hybridized carbons (Fsp3) is 0.409. The minimum atomic E-state index is -0.168. The fourth-order valence-electron chi connectivity index (χ4n) is 3.88. The van der Waals surface area contributed by atoms with Crippen LogP contribution in [0.1, 0.15) is 52.2 Å². The van der Waals surface area contributed by atoms with Crippen LogP contribution in [-0.2, 0) is 6.54 Å². The fourth-order valence-corrected chi connectivity index (χ4v) is 3.88. The summed E-state index contributed by atoms with van der Waals surface area (Å²) in [7, 11) is 1.60. The van der Waals surface area contributed by atoms with Crippen LogP contribution < -0.4 is 10.1 Å². The highest BCUT2D eigenvalue weighted by molar-refractivity contribution is 6.04. The molecule has 2 aromatic heterocycles. The molecule has 1 aliphatic rings. The maximum absolute atomic E-state index is 12.7. The molecule has 1 atom stereocenters. The number of ether oxygens (including phenoxy) is 1. The summed E-state index contributed by atoms with van der Waals surface area (Å²) < 4.78 is 10.9. The maximum atomic E-state index is 12.7. The van der Waals surface area contributed by atoms with Crippen molar-refractivity contribution in [1.82, 2.24) is 20.1 Å². The van der Waals surface area contributed by atoms with Crippen molar-refractivity contribution in [2.24, 2.45) is 0 Å². The summed E-state index contributed by atoms with van der Waals surface area (Å²) in [6, 6.07) is 7.04. The number of H-pyrrole nitrogens is 1. The first kappa shape index (κ1) is 20.2. The second-order valence-electron chi connectivity index (χ2n) is 7.70. The number of oxazole rings is 1. The number of nitrogens with one attached hydrogen (secondary N) is 2. The number of piperidine rings is 1. The van der Waals surface area contributed by atoms with E-state index < -0.39 is 0 Å². The average molecular weight is 409 g/mol. The summed E-state index contributed by atoms with van der Waals surface area (Å²) in [6.07, 6.45) is 3.78. The lowest BCUT2D eigenvalue weighted by molar-refractivity contribution is 0.102. The van der Waals surface area contributed by atoms with Crippen molar-refractivity contribution >= 4 is 11.6 Å². The van der Waals surface area contributed by atoms with Crippen LogP contribution in [0, 0.1) is 13.8 Å². The van der Waals surface area contributed by atoms with Crippen molar-refractivity contribution in [2.75, 3.05) is 25.5 Å². The van der Waals surface area contributed by atoms with E-state index in [0.717, 1.165) is 54.7 Å². The molecule has 1 saturated heterocycles. The molecule has 1 fully saturated rings. The molecule has 2 N–H and O–H groups in total. The molecule has 1 amide bonds. The number of anilines is 1. The molecule has 0 bridgehead atoms. The minimum Gasteiger partial charge on any atom is -0.497 e. The zero-order valence-corrected chi connectivity index (χ0v) is 17.6. The first-order chi connectivity index (χ1) is 14.5.